The molecule has 1 atom stereocenters. The minimum atomic E-state index is -1.78. The van der Waals surface area contributed by atoms with E-state index in [2.05, 4.69) is 5.32 Å². The molecule has 1 N–H and O–H groups in total. The highest BCUT2D eigenvalue weighted by atomic mass is 35.5. The second kappa shape index (κ2) is 5.26. The lowest BCUT2D eigenvalue weighted by molar-refractivity contribution is -0.128. The fraction of sp³-hybridized carbons (Fsp3) is 0.562. The van der Waals surface area contributed by atoms with Crippen LogP contribution < -0.4 is 5.32 Å². The number of carbonyl (C=O) groups excluding carboxylic acids is 1. The van der Waals surface area contributed by atoms with Crippen molar-refractivity contribution >= 4 is 17.4 Å². The molecule has 0 heterocycles. The third kappa shape index (κ3) is 2.56. The van der Waals surface area contributed by atoms with Gasteiger partial charge in [-0.1, -0.05) is 36.2 Å². The predicted octanol–water partition coefficient (Wildman–Crippen LogP) is 3.68. The standard InChI is InChI=1S/C16H20ClNO/c17-14-6-2-1-5-13(14)16(18-11-12-8-9-12)10-4-3-7-15(16)19/h1-2,5-6,12,18H,3-4,7-11H2/i7D2. The zero-order valence-corrected chi connectivity index (χ0v) is 11.7. The molecule has 1 aromatic carbocycles. The Labute approximate surface area is 122 Å². The monoisotopic (exact) mass is 279 g/mol. The number of Topliss-reactive ketones (excluding diaryl/α,β-unsaturated/α-hetero) is 1. The van der Waals surface area contributed by atoms with Crippen molar-refractivity contribution in [2.24, 2.45) is 5.92 Å². The van der Waals surface area contributed by atoms with E-state index in [0.717, 1.165) is 12.1 Å². The topological polar surface area (TPSA) is 29.1 Å². The van der Waals surface area contributed by atoms with Crippen LogP contribution >= 0.6 is 11.6 Å². The van der Waals surface area contributed by atoms with Gasteiger partial charge in [0.25, 0.3) is 0 Å². The van der Waals surface area contributed by atoms with Gasteiger partial charge < -0.3 is 5.32 Å². The average molecular weight is 280 g/mol. The highest BCUT2D eigenvalue weighted by Crippen LogP contribution is 2.39. The molecule has 102 valence electrons. The summed E-state index contributed by atoms with van der Waals surface area (Å²) in [6.45, 7) is 0.757. The third-order valence-corrected chi connectivity index (χ3v) is 4.45. The van der Waals surface area contributed by atoms with Gasteiger partial charge in [0.15, 0.2) is 5.78 Å². The van der Waals surface area contributed by atoms with Crippen LogP contribution in [0.5, 0.6) is 0 Å². The summed E-state index contributed by atoms with van der Waals surface area (Å²) in [4.78, 5) is 12.9. The first-order valence-electron chi connectivity index (χ1n) is 8.01. The fourth-order valence-electron chi connectivity index (χ4n) is 2.79. The van der Waals surface area contributed by atoms with Crippen LogP contribution in [0.25, 0.3) is 0 Å². The zero-order chi connectivity index (χ0) is 15.1. The highest BCUT2D eigenvalue weighted by molar-refractivity contribution is 6.31. The first-order chi connectivity index (χ1) is 9.96. The summed E-state index contributed by atoms with van der Waals surface area (Å²) in [5.74, 6) is 0.250. The Balaban J connectivity index is 2.01. The maximum atomic E-state index is 12.9. The maximum absolute atomic E-state index is 12.9. The number of hydrogen-bond donors (Lipinski definition) is 1. The summed E-state index contributed by atoms with van der Waals surface area (Å²) in [7, 11) is 0. The molecule has 1 unspecified atom stereocenters. The van der Waals surface area contributed by atoms with E-state index in [9.17, 15) is 4.79 Å². The van der Waals surface area contributed by atoms with Gasteiger partial charge in [-0.05, 0) is 49.8 Å². The van der Waals surface area contributed by atoms with Crippen LogP contribution in [-0.4, -0.2) is 12.3 Å². The number of hydrogen-bond acceptors (Lipinski definition) is 2. The molecule has 19 heavy (non-hydrogen) atoms. The molecular weight excluding hydrogens is 258 g/mol. The van der Waals surface area contributed by atoms with Gasteiger partial charge in [0.2, 0.25) is 0 Å². The number of nitrogens with one attached hydrogen (secondary N) is 1. The molecule has 2 fully saturated rings. The molecule has 2 nitrogen and oxygen atoms in total. The number of halogens is 1. The average Bonchev–Trinajstić information content (AvgIpc) is 3.26. The maximum Gasteiger partial charge on any atom is 0.157 e. The van der Waals surface area contributed by atoms with E-state index in [0.29, 0.717) is 30.2 Å². The second-order valence-corrected chi connectivity index (χ2v) is 5.98. The van der Waals surface area contributed by atoms with Crippen molar-refractivity contribution in [3.05, 3.63) is 34.9 Å². The molecule has 0 aliphatic heterocycles. The van der Waals surface area contributed by atoms with Crippen LogP contribution in [0.15, 0.2) is 24.3 Å². The van der Waals surface area contributed by atoms with E-state index in [1.54, 1.807) is 6.07 Å². The van der Waals surface area contributed by atoms with Crippen molar-refractivity contribution in [3.8, 4) is 0 Å². The molecule has 0 radical (unpaired) electrons. The molecule has 0 bridgehead atoms. The van der Waals surface area contributed by atoms with Gasteiger partial charge in [0.05, 0.1) is 0 Å². The summed E-state index contributed by atoms with van der Waals surface area (Å²) in [5.41, 5.74) is -0.247. The highest BCUT2D eigenvalue weighted by Gasteiger charge is 2.43. The van der Waals surface area contributed by atoms with Crippen LogP contribution in [0, 0.1) is 5.92 Å². The molecule has 0 aromatic heterocycles. The molecule has 3 heteroatoms. The second-order valence-electron chi connectivity index (χ2n) is 5.57. The van der Waals surface area contributed by atoms with Crippen molar-refractivity contribution in [1.82, 2.24) is 5.32 Å². The molecule has 2 aliphatic rings. The smallest absolute Gasteiger partial charge is 0.157 e. The predicted molar refractivity (Wildman–Crippen MR) is 77.3 cm³/mol. The SMILES string of the molecule is [2H]C1([2H])CCCC(NCC2CC2)(c2ccccc2Cl)C1=O. The quantitative estimate of drug-likeness (QED) is 0.911. The lowest BCUT2D eigenvalue weighted by Crippen LogP contribution is -2.51. The van der Waals surface area contributed by atoms with Gasteiger partial charge in [-0.25, -0.2) is 0 Å². The summed E-state index contributed by atoms with van der Waals surface area (Å²) in [6, 6.07) is 7.32. The first kappa shape index (κ1) is 10.9. The lowest BCUT2D eigenvalue weighted by atomic mass is 9.75. The van der Waals surface area contributed by atoms with Gasteiger partial charge in [-0.15, -0.1) is 0 Å². The molecule has 2 saturated carbocycles. The summed E-state index contributed by atoms with van der Waals surface area (Å²) < 4.78 is 16.1. The number of rotatable bonds is 4. The van der Waals surface area contributed by atoms with Crippen LogP contribution in [0.4, 0.5) is 0 Å². The van der Waals surface area contributed by atoms with Gasteiger partial charge in [-0.3, -0.25) is 4.79 Å². The van der Waals surface area contributed by atoms with Crippen molar-refractivity contribution in [2.45, 2.75) is 44.0 Å². The molecular formula is C16H20ClNO. The van der Waals surface area contributed by atoms with E-state index < -0.39 is 11.9 Å². The largest absolute Gasteiger partial charge is 0.301 e. The van der Waals surface area contributed by atoms with Gasteiger partial charge in [0, 0.05) is 14.1 Å². The minimum absolute atomic E-state index is 0.295. The summed E-state index contributed by atoms with van der Waals surface area (Å²) in [5, 5.41) is 3.92. The van der Waals surface area contributed by atoms with Gasteiger partial charge in [-0.2, -0.15) is 0 Å². The third-order valence-electron chi connectivity index (χ3n) is 4.12. The van der Waals surface area contributed by atoms with Gasteiger partial charge in [0.1, 0.15) is 5.54 Å². The van der Waals surface area contributed by atoms with Crippen LogP contribution in [-0.2, 0) is 10.3 Å². The Kier molecular flexibility index (Phi) is 3.01. The van der Waals surface area contributed by atoms with Crippen molar-refractivity contribution in [2.75, 3.05) is 6.54 Å². The summed E-state index contributed by atoms with van der Waals surface area (Å²) >= 11 is 6.32. The Morgan fingerprint density at radius 1 is 1.37 bits per heavy atom. The lowest BCUT2D eigenvalue weighted by Gasteiger charge is -2.38. The fourth-order valence-corrected chi connectivity index (χ4v) is 3.09. The number of ketones is 1. The van der Waals surface area contributed by atoms with Crippen LogP contribution in [0.3, 0.4) is 0 Å². The molecule has 0 spiro atoms. The van der Waals surface area contributed by atoms with Gasteiger partial charge >= 0.3 is 0 Å². The molecule has 1 aromatic rings. The van der Waals surface area contributed by atoms with E-state index in [1.165, 1.54) is 12.8 Å². The van der Waals surface area contributed by atoms with Crippen molar-refractivity contribution < 1.29 is 7.54 Å². The summed E-state index contributed by atoms with van der Waals surface area (Å²) in [6.07, 6.45) is 2.18. The van der Waals surface area contributed by atoms with Crippen LogP contribution in [0.2, 0.25) is 5.02 Å². The number of carbonyl (C=O) groups is 1. The van der Waals surface area contributed by atoms with E-state index in [-0.39, 0.29) is 5.78 Å². The van der Waals surface area contributed by atoms with Crippen molar-refractivity contribution in [3.63, 3.8) is 0 Å². The molecule has 0 amide bonds. The Bertz CT molecular complexity index is 559. The first-order valence-corrected chi connectivity index (χ1v) is 7.38. The van der Waals surface area contributed by atoms with E-state index in [1.807, 2.05) is 18.2 Å². The Morgan fingerprint density at radius 2 is 2.16 bits per heavy atom. The van der Waals surface area contributed by atoms with Crippen LogP contribution in [0.1, 0.15) is 46.8 Å². The Hall–Kier alpha value is -0.860. The van der Waals surface area contributed by atoms with E-state index in [4.69, 9.17) is 14.3 Å². The normalized spacial score (nSPS) is 31.7. The molecule has 0 saturated heterocycles. The molecule has 3 rings (SSSR count). The molecule has 2 aliphatic carbocycles. The van der Waals surface area contributed by atoms with E-state index >= 15 is 0 Å². The van der Waals surface area contributed by atoms with Crippen molar-refractivity contribution in [1.29, 1.82) is 0 Å². The zero-order valence-electron chi connectivity index (χ0n) is 12.9. The Morgan fingerprint density at radius 3 is 2.89 bits per heavy atom. The number of benzene rings is 1. The minimum Gasteiger partial charge on any atom is -0.301 e.